The van der Waals surface area contributed by atoms with E-state index < -0.39 is 0 Å². The topological polar surface area (TPSA) is 56.5 Å². The van der Waals surface area contributed by atoms with Gasteiger partial charge in [-0.15, -0.1) is 0 Å². The van der Waals surface area contributed by atoms with Crippen LogP contribution in [0.2, 0.25) is 0 Å². The molecule has 3 heterocycles. The average Bonchev–Trinajstić information content (AvgIpc) is 3.60. The second-order valence-corrected chi connectivity index (χ2v) is 14.0. The largest absolute Gasteiger partial charge is 0.309 e. The molecule has 0 aliphatic heterocycles. The van der Waals surface area contributed by atoms with E-state index in [4.69, 9.17) is 19.9 Å². The predicted molar refractivity (Wildman–Crippen MR) is 229 cm³/mol. The van der Waals surface area contributed by atoms with Crippen molar-refractivity contribution in [3.8, 4) is 73.5 Å². The normalized spacial score (nSPS) is 11.3. The molecule has 10 aromatic rings. The Hall–Kier alpha value is -7.50. The molecule has 0 saturated carbocycles. The summed E-state index contributed by atoms with van der Waals surface area (Å²) in [5.74, 6) is 1.33. The molecule has 10 rings (SSSR count). The molecule has 0 N–H and O–H groups in total. The third kappa shape index (κ3) is 6.11. The molecule has 3 aromatic heterocycles. The van der Waals surface area contributed by atoms with Gasteiger partial charge in [-0.25, -0.2) is 19.9 Å². The Labute approximate surface area is 325 Å². The molecule has 0 radical (unpaired) electrons. The van der Waals surface area contributed by atoms with Gasteiger partial charge < -0.3 is 4.57 Å². The van der Waals surface area contributed by atoms with Gasteiger partial charge in [-0.05, 0) is 48.9 Å². The second-order valence-electron chi connectivity index (χ2n) is 14.0. The summed E-state index contributed by atoms with van der Waals surface area (Å²) in [6, 6.07) is 67.2. The van der Waals surface area contributed by atoms with Crippen LogP contribution in [-0.4, -0.2) is 24.5 Å². The fraction of sp³-hybridized carbons (Fsp3) is 0.0196. The Kier molecular flexibility index (Phi) is 8.30. The number of nitrogens with zero attached hydrogens (tertiary/aromatic N) is 5. The van der Waals surface area contributed by atoms with Crippen LogP contribution in [-0.2, 0) is 0 Å². The lowest BCUT2D eigenvalue weighted by molar-refractivity contribution is 1.15. The van der Waals surface area contributed by atoms with Gasteiger partial charge in [0.05, 0.1) is 39.5 Å². The molecule has 0 bridgehead atoms. The van der Waals surface area contributed by atoms with Crippen LogP contribution in [0.5, 0.6) is 0 Å². The Morgan fingerprint density at radius 2 is 0.804 bits per heavy atom. The molecule has 0 amide bonds. The first-order valence-corrected chi connectivity index (χ1v) is 18.8. The molecule has 0 aliphatic carbocycles. The van der Waals surface area contributed by atoms with Crippen molar-refractivity contribution in [1.82, 2.24) is 24.5 Å². The number of hydrogen-bond donors (Lipinski definition) is 0. The molecule has 0 unspecified atom stereocenters. The molecule has 264 valence electrons. The maximum atomic E-state index is 5.36. The average molecular weight is 718 g/mol. The van der Waals surface area contributed by atoms with Gasteiger partial charge >= 0.3 is 0 Å². The molecule has 0 atom stereocenters. The van der Waals surface area contributed by atoms with Crippen LogP contribution in [0.4, 0.5) is 0 Å². The predicted octanol–water partition coefficient (Wildman–Crippen LogP) is 12.7. The Morgan fingerprint density at radius 1 is 0.339 bits per heavy atom. The van der Waals surface area contributed by atoms with Crippen molar-refractivity contribution < 1.29 is 0 Å². The lowest BCUT2D eigenvalue weighted by Gasteiger charge is -2.17. The Morgan fingerprint density at radius 3 is 1.39 bits per heavy atom. The first-order chi connectivity index (χ1) is 27.7. The van der Waals surface area contributed by atoms with E-state index in [1.165, 1.54) is 16.3 Å². The summed E-state index contributed by atoms with van der Waals surface area (Å²) in [6.07, 6.45) is 0. The van der Waals surface area contributed by atoms with Gasteiger partial charge in [-0.1, -0.05) is 158 Å². The molecule has 56 heavy (non-hydrogen) atoms. The van der Waals surface area contributed by atoms with Crippen LogP contribution < -0.4 is 0 Å². The zero-order valence-electron chi connectivity index (χ0n) is 30.7. The van der Waals surface area contributed by atoms with Gasteiger partial charge in [0.25, 0.3) is 0 Å². The number of fused-ring (bicyclic) bond motifs is 3. The zero-order chi connectivity index (χ0) is 37.4. The van der Waals surface area contributed by atoms with Gasteiger partial charge in [0.2, 0.25) is 0 Å². The van der Waals surface area contributed by atoms with Crippen molar-refractivity contribution in [3.05, 3.63) is 200 Å². The first kappa shape index (κ1) is 33.1. The highest BCUT2D eigenvalue weighted by atomic mass is 15.0. The van der Waals surface area contributed by atoms with E-state index >= 15 is 0 Å². The van der Waals surface area contributed by atoms with Crippen molar-refractivity contribution in [2.24, 2.45) is 0 Å². The molecule has 0 saturated heterocycles. The summed E-state index contributed by atoms with van der Waals surface area (Å²) < 4.78 is 2.38. The Bertz CT molecular complexity index is 2900. The summed E-state index contributed by atoms with van der Waals surface area (Å²) in [5, 5.41) is 2.40. The van der Waals surface area contributed by atoms with Crippen molar-refractivity contribution in [2.45, 2.75) is 6.92 Å². The van der Waals surface area contributed by atoms with E-state index in [1.54, 1.807) is 0 Å². The molecule has 5 heteroatoms. The highest BCUT2D eigenvalue weighted by Gasteiger charge is 2.20. The third-order valence-electron chi connectivity index (χ3n) is 10.3. The van der Waals surface area contributed by atoms with Crippen LogP contribution in [0.25, 0.3) is 95.3 Å². The summed E-state index contributed by atoms with van der Waals surface area (Å²) >= 11 is 0. The molecule has 0 spiro atoms. The molecule has 5 nitrogen and oxygen atoms in total. The SMILES string of the molecule is Cc1ccc2c3ccccc3n(-c3ccc(-c4cc(-c5ccccc5)nc(-c5ccccc5)n4)cc3-c3cc(-c4ccccc4)nc(-c4ccccc4)n3)c2c1. The number of rotatable bonds is 7. The van der Waals surface area contributed by atoms with Crippen molar-refractivity contribution in [1.29, 1.82) is 0 Å². The maximum absolute atomic E-state index is 5.36. The van der Waals surface area contributed by atoms with E-state index in [2.05, 4.69) is 145 Å². The Balaban J connectivity index is 1.28. The van der Waals surface area contributed by atoms with E-state index in [1.807, 2.05) is 60.7 Å². The smallest absolute Gasteiger partial charge is 0.160 e. The lowest BCUT2D eigenvalue weighted by Crippen LogP contribution is -2.02. The number of hydrogen-bond acceptors (Lipinski definition) is 4. The summed E-state index contributed by atoms with van der Waals surface area (Å²) in [5.41, 5.74) is 13.7. The molecule has 7 aromatic carbocycles. The monoisotopic (exact) mass is 717 g/mol. The minimum atomic E-state index is 0.663. The lowest BCUT2D eigenvalue weighted by atomic mass is 9.99. The van der Waals surface area contributed by atoms with Crippen molar-refractivity contribution >= 4 is 21.8 Å². The van der Waals surface area contributed by atoms with E-state index in [0.29, 0.717) is 11.6 Å². The van der Waals surface area contributed by atoms with Gasteiger partial charge in [-0.3, -0.25) is 0 Å². The minimum Gasteiger partial charge on any atom is -0.309 e. The summed E-state index contributed by atoms with van der Waals surface area (Å²) in [7, 11) is 0. The standard InChI is InChI=1S/C51H35N5/c1-34-26-28-41-40-24-14-15-25-47(40)56(49(41)30-34)48-29-27-39(45-32-43(35-16-6-2-7-17-35)52-50(54-45)37-20-10-4-11-21-37)31-42(48)46-33-44(36-18-8-3-9-19-36)53-51(55-46)38-22-12-5-13-23-38/h2-33H,1H3. The maximum Gasteiger partial charge on any atom is 0.160 e. The van der Waals surface area contributed by atoms with E-state index in [9.17, 15) is 0 Å². The molecular weight excluding hydrogens is 683 g/mol. The van der Waals surface area contributed by atoms with Crippen LogP contribution >= 0.6 is 0 Å². The molecule has 0 aliphatic rings. The zero-order valence-corrected chi connectivity index (χ0v) is 30.7. The molecule has 0 fully saturated rings. The fourth-order valence-electron chi connectivity index (χ4n) is 7.56. The molecular formula is C51H35N5. The van der Waals surface area contributed by atoms with Crippen LogP contribution in [0, 0.1) is 6.92 Å². The third-order valence-corrected chi connectivity index (χ3v) is 10.3. The van der Waals surface area contributed by atoms with Crippen LogP contribution in [0.1, 0.15) is 5.56 Å². The highest BCUT2D eigenvalue weighted by molar-refractivity contribution is 6.10. The first-order valence-electron chi connectivity index (χ1n) is 18.8. The van der Waals surface area contributed by atoms with Crippen molar-refractivity contribution in [3.63, 3.8) is 0 Å². The quantitative estimate of drug-likeness (QED) is 0.165. The summed E-state index contributed by atoms with van der Waals surface area (Å²) in [6.45, 7) is 2.15. The number of aromatic nitrogens is 5. The van der Waals surface area contributed by atoms with E-state index in [0.717, 1.165) is 72.9 Å². The van der Waals surface area contributed by atoms with Crippen molar-refractivity contribution in [2.75, 3.05) is 0 Å². The van der Waals surface area contributed by atoms with Gasteiger partial charge in [0.15, 0.2) is 11.6 Å². The van der Waals surface area contributed by atoms with Gasteiger partial charge in [-0.2, -0.15) is 0 Å². The highest BCUT2D eigenvalue weighted by Crippen LogP contribution is 2.40. The van der Waals surface area contributed by atoms with Crippen LogP contribution in [0.15, 0.2) is 194 Å². The van der Waals surface area contributed by atoms with E-state index in [-0.39, 0.29) is 0 Å². The number of aryl methyl sites for hydroxylation is 1. The number of benzene rings is 7. The van der Waals surface area contributed by atoms with Crippen LogP contribution in [0.3, 0.4) is 0 Å². The van der Waals surface area contributed by atoms with Gasteiger partial charge in [0.1, 0.15) is 0 Å². The van der Waals surface area contributed by atoms with Gasteiger partial charge in [0, 0.05) is 44.2 Å². The number of para-hydroxylation sites is 1. The minimum absolute atomic E-state index is 0.663. The second kappa shape index (κ2) is 14.0. The summed E-state index contributed by atoms with van der Waals surface area (Å²) in [4.78, 5) is 20.8. The fourth-order valence-corrected chi connectivity index (χ4v) is 7.56.